The van der Waals surface area contributed by atoms with Crippen molar-refractivity contribution in [3.63, 3.8) is 0 Å². The van der Waals surface area contributed by atoms with Crippen molar-refractivity contribution in [1.29, 1.82) is 0 Å². The minimum Gasteiger partial charge on any atom is -0.512 e. The quantitative estimate of drug-likeness (QED) is 0.458. The van der Waals surface area contributed by atoms with Crippen molar-refractivity contribution >= 4 is 5.78 Å². The summed E-state index contributed by atoms with van der Waals surface area (Å²) in [4.78, 5) is 12.8. The van der Waals surface area contributed by atoms with Gasteiger partial charge in [0.05, 0.1) is 6.42 Å². The highest BCUT2D eigenvalue weighted by atomic mass is 19.4. The lowest BCUT2D eigenvalue weighted by atomic mass is 9.64. The molecule has 0 radical (unpaired) electrons. The molecule has 2 aliphatic carbocycles. The summed E-state index contributed by atoms with van der Waals surface area (Å²) < 4.78 is 39.2. The first kappa shape index (κ1) is 20.3. The summed E-state index contributed by atoms with van der Waals surface area (Å²) >= 11 is 0. The average molecular weight is 360 g/mol. The molecule has 0 bridgehead atoms. The lowest BCUT2D eigenvalue weighted by Crippen LogP contribution is -2.38. The van der Waals surface area contributed by atoms with Crippen LogP contribution in [-0.4, -0.2) is 17.1 Å². The van der Waals surface area contributed by atoms with Crippen molar-refractivity contribution in [2.45, 2.75) is 91.2 Å². The van der Waals surface area contributed by atoms with Crippen LogP contribution in [0.25, 0.3) is 0 Å². The van der Waals surface area contributed by atoms with Crippen molar-refractivity contribution < 1.29 is 23.1 Å². The van der Waals surface area contributed by atoms with Crippen LogP contribution >= 0.6 is 0 Å². The fraction of sp³-hybridized carbons (Fsp3) is 0.850. The average Bonchev–Trinajstić information content (AvgIpc) is 2.49. The molecule has 2 nitrogen and oxygen atoms in total. The molecular formula is C20H31F3O2. The molecular weight excluding hydrogens is 329 g/mol. The van der Waals surface area contributed by atoms with Gasteiger partial charge in [0, 0.05) is 16.9 Å². The molecule has 0 amide bonds. The molecule has 1 N–H and O–H groups in total. The molecule has 0 saturated heterocycles. The number of alkyl halides is 3. The predicted octanol–water partition coefficient (Wildman–Crippen LogP) is 6.51. The Hall–Kier alpha value is -1.00. The van der Waals surface area contributed by atoms with Crippen LogP contribution in [0.15, 0.2) is 11.8 Å². The molecule has 0 heterocycles. The van der Waals surface area contributed by atoms with Crippen LogP contribution in [0.4, 0.5) is 13.2 Å². The van der Waals surface area contributed by atoms with E-state index in [2.05, 4.69) is 13.8 Å². The van der Waals surface area contributed by atoms with Crippen LogP contribution in [0.2, 0.25) is 0 Å². The summed E-state index contributed by atoms with van der Waals surface area (Å²) in [5, 5.41) is 10.6. The fourth-order valence-corrected chi connectivity index (χ4v) is 4.31. The Morgan fingerprint density at radius 2 is 1.48 bits per heavy atom. The largest absolute Gasteiger partial charge is 0.512 e. The van der Waals surface area contributed by atoms with Crippen molar-refractivity contribution in [3.05, 3.63) is 11.8 Å². The van der Waals surface area contributed by atoms with E-state index in [1.807, 2.05) is 6.92 Å². The summed E-state index contributed by atoms with van der Waals surface area (Å²) in [6, 6.07) is 0. The topological polar surface area (TPSA) is 37.3 Å². The number of hydrogen-bond donors (Lipinski definition) is 1. The Morgan fingerprint density at radius 3 is 1.96 bits per heavy atom. The van der Waals surface area contributed by atoms with E-state index in [9.17, 15) is 23.1 Å². The maximum atomic E-state index is 13.1. The van der Waals surface area contributed by atoms with Crippen LogP contribution in [0.1, 0.15) is 85.0 Å². The Labute approximate surface area is 148 Å². The monoisotopic (exact) mass is 360 g/mol. The van der Waals surface area contributed by atoms with Crippen molar-refractivity contribution in [2.75, 3.05) is 0 Å². The molecule has 0 aliphatic heterocycles. The lowest BCUT2D eigenvalue weighted by Gasteiger charge is -2.41. The Kier molecular flexibility index (Phi) is 5.65. The van der Waals surface area contributed by atoms with Gasteiger partial charge in [0.2, 0.25) is 0 Å². The van der Waals surface area contributed by atoms with Gasteiger partial charge < -0.3 is 5.11 Å². The number of aliphatic hydroxyl groups excluding tert-OH is 1. The normalized spacial score (nSPS) is 26.2. The third kappa shape index (κ3) is 5.01. The van der Waals surface area contributed by atoms with Crippen LogP contribution in [0, 0.1) is 16.2 Å². The number of carbonyl (C=O) groups excluding carboxylic acids is 1. The maximum absolute atomic E-state index is 13.1. The summed E-state index contributed by atoms with van der Waals surface area (Å²) in [5.41, 5.74) is -1.67. The third-order valence-corrected chi connectivity index (χ3v) is 6.47. The van der Waals surface area contributed by atoms with E-state index in [-0.39, 0.29) is 24.0 Å². The van der Waals surface area contributed by atoms with E-state index in [4.69, 9.17) is 0 Å². The summed E-state index contributed by atoms with van der Waals surface area (Å²) in [6.45, 7) is 6.27. The molecule has 0 unspecified atom stereocenters. The highest BCUT2D eigenvalue weighted by Crippen LogP contribution is 2.49. The summed E-state index contributed by atoms with van der Waals surface area (Å²) in [7, 11) is 0. The zero-order valence-electron chi connectivity index (χ0n) is 15.6. The molecule has 2 rings (SSSR count). The van der Waals surface area contributed by atoms with E-state index in [1.165, 1.54) is 0 Å². The number of carbonyl (C=O) groups is 1. The predicted molar refractivity (Wildman–Crippen MR) is 92.3 cm³/mol. The second kappa shape index (κ2) is 6.96. The van der Waals surface area contributed by atoms with E-state index in [0.717, 1.165) is 38.2 Å². The smallest absolute Gasteiger partial charge is 0.390 e. The number of rotatable bonds is 4. The van der Waals surface area contributed by atoms with Gasteiger partial charge in [0.1, 0.15) is 5.76 Å². The Morgan fingerprint density at radius 1 is 0.960 bits per heavy atom. The number of hydrogen-bond acceptors (Lipinski definition) is 2. The Balaban J connectivity index is 2.20. The molecule has 0 spiro atoms. The first-order valence-corrected chi connectivity index (χ1v) is 9.40. The van der Waals surface area contributed by atoms with Crippen LogP contribution < -0.4 is 0 Å². The molecule has 2 fully saturated rings. The molecule has 0 aromatic rings. The van der Waals surface area contributed by atoms with Gasteiger partial charge in [0.15, 0.2) is 5.78 Å². The van der Waals surface area contributed by atoms with Gasteiger partial charge in [-0.1, -0.05) is 40.0 Å². The van der Waals surface area contributed by atoms with Crippen LogP contribution in [0.3, 0.4) is 0 Å². The summed E-state index contributed by atoms with van der Waals surface area (Å²) in [5.74, 6) is -0.562. The number of ketones is 1. The summed E-state index contributed by atoms with van der Waals surface area (Å²) in [6.07, 6.45) is 1.74. The van der Waals surface area contributed by atoms with Gasteiger partial charge in [-0.15, -0.1) is 0 Å². The van der Waals surface area contributed by atoms with Crippen molar-refractivity contribution in [1.82, 2.24) is 0 Å². The number of aliphatic hydroxyl groups is 1. The Bertz CT molecular complexity index is 516. The van der Waals surface area contributed by atoms with Gasteiger partial charge in [-0.3, -0.25) is 4.79 Å². The first-order valence-electron chi connectivity index (χ1n) is 9.40. The van der Waals surface area contributed by atoms with Crippen molar-refractivity contribution in [3.8, 4) is 0 Å². The standard InChI is InChI=1S/C20H31F3O2/c1-17(2)9-11-18(3,12-10-17)15(24)13-16(25)19(14-20(21,22)23)7-5-4-6-8-19/h13,24H,4-12,14H2,1-3H3/b15-13-. The SMILES string of the molecule is CC1(C)CCC(C)(/C(O)=C/C(=O)C2(CC(F)(F)F)CCCCC2)CC1. The van der Waals surface area contributed by atoms with E-state index in [1.54, 1.807) is 0 Å². The molecule has 0 aromatic heterocycles. The molecule has 0 aromatic carbocycles. The van der Waals surface area contributed by atoms with Crippen LogP contribution in [-0.2, 0) is 4.79 Å². The first-order chi connectivity index (χ1) is 11.4. The van der Waals surface area contributed by atoms with Gasteiger partial charge in [0.25, 0.3) is 0 Å². The lowest BCUT2D eigenvalue weighted by molar-refractivity contribution is -0.169. The molecule has 2 aliphatic rings. The number of allylic oxidation sites excluding steroid dienone is 2. The second-order valence-electron chi connectivity index (χ2n) is 9.25. The van der Waals surface area contributed by atoms with E-state index < -0.39 is 29.2 Å². The second-order valence-corrected chi connectivity index (χ2v) is 9.25. The molecule has 0 atom stereocenters. The highest BCUT2D eigenvalue weighted by Gasteiger charge is 2.48. The highest BCUT2D eigenvalue weighted by molar-refractivity contribution is 5.95. The minimum absolute atomic E-state index is 0.0277. The van der Waals surface area contributed by atoms with Gasteiger partial charge in [-0.05, 0) is 43.9 Å². The molecule has 25 heavy (non-hydrogen) atoms. The van der Waals surface area contributed by atoms with Gasteiger partial charge in [-0.25, -0.2) is 0 Å². The third-order valence-electron chi connectivity index (χ3n) is 6.47. The number of halogens is 3. The molecule has 2 saturated carbocycles. The van der Waals surface area contributed by atoms with Gasteiger partial charge in [-0.2, -0.15) is 13.2 Å². The van der Waals surface area contributed by atoms with E-state index >= 15 is 0 Å². The minimum atomic E-state index is -4.37. The van der Waals surface area contributed by atoms with Crippen LogP contribution in [0.5, 0.6) is 0 Å². The molecule has 144 valence electrons. The molecule has 5 heteroatoms. The maximum Gasteiger partial charge on any atom is 0.390 e. The zero-order chi connectivity index (χ0) is 18.9. The van der Waals surface area contributed by atoms with E-state index in [0.29, 0.717) is 12.8 Å². The van der Waals surface area contributed by atoms with Gasteiger partial charge >= 0.3 is 6.18 Å². The fourth-order valence-electron chi connectivity index (χ4n) is 4.31. The van der Waals surface area contributed by atoms with Crippen molar-refractivity contribution in [2.24, 2.45) is 16.2 Å². The zero-order valence-corrected chi connectivity index (χ0v) is 15.6.